The Morgan fingerprint density at radius 2 is 0.578 bits per heavy atom. The quantitative estimate of drug-likeness (QED) is 0.0169. The smallest absolute Gasteiger partial charge is 0.462 e. The molecule has 19 heteroatoms. The van der Waals surface area contributed by atoms with Crippen molar-refractivity contribution in [2.45, 2.75) is 322 Å². The van der Waals surface area contributed by atoms with Gasteiger partial charge in [-0.2, -0.15) is 0 Å². The van der Waals surface area contributed by atoms with Crippen LogP contribution in [0.2, 0.25) is 0 Å². The SMILES string of the molecule is CCCCCC/C=C\C=C/CCCCCCCC(=O)O[C@H](COC(=O)CCCCCCCCCCCC)COP(=O)(O)OC[C@@H](O)COP(=O)(O)OC[C@@H](COC(=O)CCCCCCCCCC)OC(=O)CCCCCCCCCCCC. The summed E-state index contributed by atoms with van der Waals surface area (Å²) < 4.78 is 67.9. The first-order chi connectivity index (χ1) is 40.2. The number of aliphatic hydroxyl groups is 1. The van der Waals surface area contributed by atoms with E-state index in [0.29, 0.717) is 25.7 Å². The van der Waals surface area contributed by atoms with Crippen molar-refractivity contribution in [3.63, 3.8) is 0 Å². The number of hydrogen-bond donors (Lipinski definition) is 3. The number of hydrogen-bond acceptors (Lipinski definition) is 15. The van der Waals surface area contributed by atoms with Gasteiger partial charge in [0.1, 0.15) is 19.3 Å². The molecule has 0 spiro atoms. The van der Waals surface area contributed by atoms with E-state index in [0.717, 1.165) is 109 Å². The summed E-state index contributed by atoms with van der Waals surface area (Å²) in [6, 6.07) is 0. The number of esters is 4. The van der Waals surface area contributed by atoms with Crippen LogP contribution in [0.4, 0.5) is 0 Å². The lowest BCUT2D eigenvalue weighted by Gasteiger charge is -2.21. The molecule has 0 aromatic carbocycles. The lowest BCUT2D eigenvalue weighted by molar-refractivity contribution is -0.161. The summed E-state index contributed by atoms with van der Waals surface area (Å²) in [6.07, 6.45) is 46.6. The zero-order valence-corrected chi connectivity index (χ0v) is 54.4. The molecule has 0 aliphatic carbocycles. The number of phosphoric ester groups is 2. The maximum Gasteiger partial charge on any atom is 0.472 e. The zero-order chi connectivity index (χ0) is 61.2. The normalized spacial score (nSPS) is 14.3. The highest BCUT2D eigenvalue weighted by molar-refractivity contribution is 7.47. The standard InChI is InChI=1S/C64H120O17P2/c1-5-9-13-17-21-25-28-29-30-31-32-35-39-43-47-51-64(69)81-60(55-75-62(67)49-45-41-37-33-26-22-18-14-10-6-2)57-79-83(72,73)77-53-58(65)52-76-82(70,71)78-56-59(54-74-61(66)48-44-40-36-24-20-16-12-8-4)80-63(68)50-46-42-38-34-27-23-19-15-11-7-3/h25,28-30,58-60,65H,5-24,26-27,31-57H2,1-4H3,(H,70,71)(H,72,73)/b28-25-,30-29-/t58-,59+,60+/m0/s1. The van der Waals surface area contributed by atoms with Crippen LogP contribution in [0.25, 0.3) is 0 Å². The van der Waals surface area contributed by atoms with E-state index in [1.807, 2.05) is 0 Å². The molecule has 0 amide bonds. The molecule has 0 aliphatic rings. The molecule has 0 aromatic rings. The van der Waals surface area contributed by atoms with Crippen molar-refractivity contribution < 1.29 is 80.2 Å². The Labute approximate surface area is 503 Å². The second-order valence-electron chi connectivity index (χ2n) is 22.5. The summed E-state index contributed by atoms with van der Waals surface area (Å²) in [4.78, 5) is 72.1. The summed E-state index contributed by atoms with van der Waals surface area (Å²) >= 11 is 0. The van der Waals surface area contributed by atoms with Gasteiger partial charge in [0.2, 0.25) is 0 Å². The molecular weight excluding hydrogens is 1100 g/mol. The summed E-state index contributed by atoms with van der Waals surface area (Å²) in [7, 11) is -9.89. The Kier molecular flexibility index (Phi) is 56.8. The molecule has 83 heavy (non-hydrogen) atoms. The first-order valence-corrected chi connectivity index (χ1v) is 36.1. The van der Waals surface area contributed by atoms with E-state index in [9.17, 15) is 43.2 Å². The van der Waals surface area contributed by atoms with Gasteiger partial charge in [-0.25, -0.2) is 9.13 Å². The average molecular weight is 1220 g/mol. The Balaban J connectivity index is 5.25. The van der Waals surface area contributed by atoms with Gasteiger partial charge in [0.05, 0.1) is 26.4 Å². The molecule has 0 aliphatic heterocycles. The fourth-order valence-corrected chi connectivity index (χ4v) is 10.7. The first-order valence-electron chi connectivity index (χ1n) is 33.1. The fraction of sp³-hybridized carbons (Fsp3) is 0.875. The van der Waals surface area contributed by atoms with E-state index in [2.05, 4.69) is 52.0 Å². The Hall–Kier alpha value is -2.46. The third-order valence-corrected chi connectivity index (χ3v) is 16.1. The van der Waals surface area contributed by atoms with Gasteiger partial charge < -0.3 is 33.8 Å². The van der Waals surface area contributed by atoms with E-state index in [-0.39, 0.29) is 25.7 Å². The molecule has 0 saturated carbocycles. The van der Waals surface area contributed by atoms with Crippen molar-refractivity contribution in [2.75, 3.05) is 39.6 Å². The molecule has 488 valence electrons. The van der Waals surface area contributed by atoms with Gasteiger partial charge in [-0.3, -0.25) is 37.3 Å². The van der Waals surface area contributed by atoms with Crippen LogP contribution >= 0.6 is 15.6 Å². The number of rotatable bonds is 63. The number of phosphoric acid groups is 2. The third kappa shape index (κ3) is 58.3. The Bertz CT molecular complexity index is 1700. The van der Waals surface area contributed by atoms with Crippen LogP contribution in [-0.2, 0) is 65.4 Å². The minimum absolute atomic E-state index is 0.0853. The predicted octanol–water partition coefficient (Wildman–Crippen LogP) is 17.5. The highest BCUT2D eigenvalue weighted by atomic mass is 31.2. The molecule has 0 radical (unpaired) electrons. The highest BCUT2D eigenvalue weighted by Crippen LogP contribution is 2.45. The van der Waals surface area contributed by atoms with Gasteiger partial charge in [0.15, 0.2) is 12.2 Å². The second kappa shape index (κ2) is 58.6. The molecule has 0 heterocycles. The summed E-state index contributed by atoms with van der Waals surface area (Å²) in [5.74, 6) is -2.17. The fourth-order valence-electron chi connectivity index (χ4n) is 9.09. The van der Waals surface area contributed by atoms with E-state index in [1.54, 1.807) is 0 Å². The van der Waals surface area contributed by atoms with Gasteiger partial charge >= 0.3 is 39.5 Å². The van der Waals surface area contributed by atoms with Crippen molar-refractivity contribution in [3.05, 3.63) is 24.3 Å². The lowest BCUT2D eigenvalue weighted by atomic mass is 10.1. The minimum Gasteiger partial charge on any atom is -0.462 e. The van der Waals surface area contributed by atoms with Crippen molar-refractivity contribution in [1.82, 2.24) is 0 Å². The Morgan fingerprint density at radius 1 is 0.337 bits per heavy atom. The van der Waals surface area contributed by atoms with Crippen LogP contribution in [0.1, 0.15) is 304 Å². The van der Waals surface area contributed by atoms with Crippen LogP contribution in [0, 0.1) is 0 Å². The zero-order valence-electron chi connectivity index (χ0n) is 52.6. The molecule has 5 atom stereocenters. The van der Waals surface area contributed by atoms with Crippen LogP contribution in [-0.4, -0.2) is 96.7 Å². The van der Waals surface area contributed by atoms with Crippen LogP contribution in [0.5, 0.6) is 0 Å². The van der Waals surface area contributed by atoms with E-state index in [1.165, 1.54) is 116 Å². The molecule has 0 bridgehead atoms. The Morgan fingerprint density at radius 3 is 0.880 bits per heavy atom. The molecule has 17 nitrogen and oxygen atoms in total. The largest absolute Gasteiger partial charge is 0.472 e. The molecule has 0 fully saturated rings. The van der Waals surface area contributed by atoms with Crippen molar-refractivity contribution in [1.29, 1.82) is 0 Å². The van der Waals surface area contributed by atoms with E-state index < -0.39 is 97.5 Å². The van der Waals surface area contributed by atoms with Crippen LogP contribution in [0.3, 0.4) is 0 Å². The number of carbonyl (C=O) groups excluding carboxylic acids is 4. The first kappa shape index (κ1) is 80.5. The highest BCUT2D eigenvalue weighted by Gasteiger charge is 2.30. The van der Waals surface area contributed by atoms with Crippen LogP contribution in [0.15, 0.2) is 24.3 Å². The number of ether oxygens (including phenoxy) is 4. The maximum absolute atomic E-state index is 13.0. The van der Waals surface area contributed by atoms with Gasteiger partial charge in [-0.05, 0) is 51.4 Å². The molecular formula is C64H120O17P2. The summed E-state index contributed by atoms with van der Waals surface area (Å²) in [5.41, 5.74) is 0. The molecule has 0 rings (SSSR count). The van der Waals surface area contributed by atoms with E-state index >= 15 is 0 Å². The van der Waals surface area contributed by atoms with Gasteiger partial charge in [-0.15, -0.1) is 0 Å². The van der Waals surface area contributed by atoms with Crippen molar-refractivity contribution in [3.8, 4) is 0 Å². The number of carbonyl (C=O) groups is 4. The predicted molar refractivity (Wildman–Crippen MR) is 331 cm³/mol. The van der Waals surface area contributed by atoms with Gasteiger partial charge in [0.25, 0.3) is 0 Å². The van der Waals surface area contributed by atoms with Gasteiger partial charge in [-0.1, -0.05) is 251 Å². The third-order valence-electron chi connectivity index (χ3n) is 14.2. The second-order valence-corrected chi connectivity index (χ2v) is 25.4. The molecule has 2 unspecified atom stereocenters. The number of unbranched alkanes of at least 4 members (excludes halogenated alkanes) is 34. The minimum atomic E-state index is -4.95. The summed E-state index contributed by atoms with van der Waals surface area (Å²) in [6.45, 7) is 4.78. The maximum atomic E-state index is 13.0. The topological polar surface area (TPSA) is 237 Å². The molecule has 0 aromatic heterocycles. The molecule has 0 saturated heterocycles. The monoisotopic (exact) mass is 1220 g/mol. The summed E-state index contributed by atoms with van der Waals surface area (Å²) in [5, 5.41) is 10.5. The van der Waals surface area contributed by atoms with Gasteiger partial charge in [0, 0.05) is 25.7 Å². The average Bonchev–Trinajstić information content (AvgIpc) is 3.46. The number of allylic oxidation sites excluding steroid dienone is 4. The van der Waals surface area contributed by atoms with Crippen molar-refractivity contribution in [2.24, 2.45) is 0 Å². The lowest BCUT2D eigenvalue weighted by Crippen LogP contribution is -2.30. The number of aliphatic hydroxyl groups excluding tert-OH is 1. The van der Waals surface area contributed by atoms with Crippen LogP contribution < -0.4 is 0 Å². The van der Waals surface area contributed by atoms with E-state index in [4.69, 9.17) is 37.0 Å². The van der Waals surface area contributed by atoms with Crippen molar-refractivity contribution >= 4 is 39.5 Å². The molecule has 3 N–H and O–H groups in total.